The Balaban J connectivity index is 2.31. The summed E-state index contributed by atoms with van der Waals surface area (Å²) in [5.74, 6) is -0.131. The average molecular weight is 353 g/mol. The quantitative estimate of drug-likeness (QED) is 0.745. The molecule has 104 valence electrons. The summed E-state index contributed by atoms with van der Waals surface area (Å²) >= 11 is 9.57. The molecule has 0 aliphatic carbocycles. The molecule has 0 aromatic heterocycles. The second kappa shape index (κ2) is 6.42. The van der Waals surface area contributed by atoms with E-state index in [2.05, 4.69) is 21.2 Å². The highest BCUT2D eigenvalue weighted by Gasteiger charge is 2.14. The fraction of sp³-hybridized carbons (Fsp3) is 0.188. The highest BCUT2D eigenvalue weighted by molar-refractivity contribution is 9.10. The van der Waals surface area contributed by atoms with Crippen LogP contribution in [0.3, 0.4) is 0 Å². The van der Waals surface area contributed by atoms with Crippen molar-refractivity contribution < 1.29 is 4.79 Å². The third-order valence-electron chi connectivity index (χ3n) is 3.15. The minimum absolute atomic E-state index is 0.131. The number of hydrogen-bond acceptors (Lipinski definition) is 1. The van der Waals surface area contributed by atoms with Gasteiger partial charge in [-0.25, -0.2) is 0 Å². The fourth-order valence-electron chi connectivity index (χ4n) is 2.00. The average Bonchev–Trinajstić information content (AvgIpc) is 2.42. The van der Waals surface area contributed by atoms with Crippen LogP contribution in [0.2, 0.25) is 0 Å². The fourth-order valence-corrected chi connectivity index (χ4v) is 2.56. The van der Waals surface area contributed by atoms with Crippen LogP contribution in [0.1, 0.15) is 33.8 Å². The molecule has 2 aromatic rings. The van der Waals surface area contributed by atoms with Gasteiger partial charge < -0.3 is 5.32 Å². The first-order chi connectivity index (χ1) is 9.50. The van der Waals surface area contributed by atoms with Gasteiger partial charge in [0, 0.05) is 15.7 Å². The molecule has 1 N–H and O–H groups in total. The zero-order chi connectivity index (χ0) is 14.7. The molecule has 1 amide bonds. The van der Waals surface area contributed by atoms with Crippen LogP contribution in [0.5, 0.6) is 0 Å². The second-order valence-electron chi connectivity index (χ2n) is 4.57. The van der Waals surface area contributed by atoms with Gasteiger partial charge in [0.05, 0.1) is 5.38 Å². The van der Waals surface area contributed by atoms with E-state index in [1.807, 2.05) is 56.3 Å². The van der Waals surface area contributed by atoms with Crippen LogP contribution in [-0.4, -0.2) is 5.91 Å². The van der Waals surface area contributed by atoms with Gasteiger partial charge in [-0.05, 0) is 43.2 Å². The highest BCUT2D eigenvalue weighted by atomic mass is 79.9. The van der Waals surface area contributed by atoms with E-state index in [0.717, 1.165) is 21.3 Å². The van der Waals surface area contributed by atoms with Crippen LogP contribution < -0.4 is 5.32 Å². The van der Waals surface area contributed by atoms with Gasteiger partial charge in [0.15, 0.2) is 0 Å². The molecule has 0 heterocycles. The summed E-state index contributed by atoms with van der Waals surface area (Å²) in [4.78, 5) is 12.4. The number of halogens is 2. The highest BCUT2D eigenvalue weighted by Crippen LogP contribution is 2.28. The van der Waals surface area contributed by atoms with Gasteiger partial charge in [0.25, 0.3) is 5.91 Å². The molecule has 2 nitrogen and oxygen atoms in total. The maximum atomic E-state index is 12.4. The number of para-hydroxylation sites is 1. The van der Waals surface area contributed by atoms with Crippen molar-refractivity contribution >= 4 is 39.1 Å². The molecule has 0 spiro atoms. The molecule has 1 unspecified atom stereocenters. The molecule has 4 heteroatoms. The zero-order valence-corrected chi connectivity index (χ0v) is 13.6. The molecule has 2 rings (SSSR count). The topological polar surface area (TPSA) is 29.1 Å². The smallest absolute Gasteiger partial charge is 0.255 e. The molecule has 2 aromatic carbocycles. The van der Waals surface area contributed by atoms with Crippen molar-refractivity contribution in [2.45, 2.75) is 19.2 Å². The summed E-state index contributed by atoms with van der Waals surface area (Å²) in [5.41, 5.74) is 3.23. The van der Waals surface area contributed by atoms with E-state index < -0.39 is 0 Å². The van der Waals surface area contributed by atoms with Crippen LogP contribution in [0.4, 0.5) is 5.69 Å². The van der Waals surface area contributed by atoms with Crippen LogP contribution in [0, 0.1) is 6.92 Å². The Morgan fingerprint density at radius 2 is 1.90 bits per heavy atom. The van der Waals surface area contributed by atoms with Gasteiger partial charge in [-0.15, -0.1) is 11.6 Å². The molecule has 0 bridgehead atoms. The third-order valence-corrected chi connectivity index (χ3v) is 4.24. The first-order valence-electron chi connectivity index (χ1n) is 6.30. The number of benzene rings is 2. The minimum Gasteiger partial charge on any atom is -0.322 e. The monoisotopic (exact) mass is 351 g/mol. The number of rotatable bonds is 3. The standard InChI is InChI=1S/C16H15BrClNO/c1-10-12(7-5-8-14(10)17)16(20)19-15-9-4-3-6-13(15)11(2)18/h3-9,11H,1-2H3,(H,19,20). The van der Waals surface area contributed by atoms with E-state index in [1.54, 1.807) is 0 Å². The van der Waals surface area contributed by atoms with Gasteiger partial charge in [-0.2, -0.15) is 0 Å². The summed E-state index contributed by atoms with van der Waals surface area (Å²) in [5, 5.41) is 2.77. The summed E-state index contributed by atoms with van der Waals surface area (Å²) in [6.07, 6.45) is 0. The Bertz CT molecular complexity index is 640. The third kappa shape index (κ3) is 3.22. The molecule has 0 radical (unpaired) electrons. The lowest BCUT2D eigenvalue weighted by molar-refractivity contribution is 0.102. The van der Waals surface area contributed by atoms with Gasteiger partial charge in [-0.1, -0.05) is 40.2 Å². The molecule has 1 atom stereocenters. The SMILES string of the molecule is Cc1c(Br)cccc1C(=O)Nc1ccccc1C(C)Cl. The number of alkyl halides is 1. The molecular formula is C16H15BrClNO. The number of nitrogens with one attached hydrogen (secondary N) is 1. The van der Waals surface area contributed by atoms with Gasteiger partial charge in [0.1, 0.15) is 0 Å². The Hall–Kier alpha value is -1.32. The molecular weight excluding hydrogens is 338 g/mol. The lowest BCUT2D eigenvalue weighted by atomic mass is 10.1. The first kappa shape index (κ1) is 15.1. The molecule has 0 aliphatic heterocycles. The Morgan fingerprint density at radius 3 is 2.60 bits per heavy atom. The van der Waals surface area contributed by atoms with Crippen molar-refractivity contribution in [3.05, 3.63) is 63.6 Å². The lowest BCUT2D eigenvalue weighted by Crippen LogP contribution is -2.14. The number of amides is 1. The summed E-state index contributed by atoms with van der Waals surface area (Å²) in [6, 6.07) is 13.1. The van der Waals surface area contributed by atoms with Crippen molar-refractivity contribution in [2.75, 3.05) is 5.32 Å². The van der Waals surface area contributed by atoms with Crippen LogP contribution in [0.25, 0.3) is 0 Å². The van der Waals surface area contributed by atoms with E-state index in [-0.39, 0.29) is 11.3 Å². The number of anilines is 1. The summed E-state index contributed by atoms with van der Waals surface area (Å²) in [7, 11) is 0. The van der Waals surface area contributed by atoms with E-state index in [9.17, 15) is 4.79 Å². The van der Waals surface area contributed by atoms with Crippen LogP contribution >= 0.6 is 27.5 Å². The van der Waals surface area contributed by atoms with E-state index in [0.29, 0.717) is 5.56 Å². The number of carbonyl (C=O) groups is 1. The van der Waals surface area contributed by atoms with Crippen LogP contribution in [-0.2, 0) is 0 Å². The largest absolute Gasteiger partial charge is 0.322 e. The maximum absolute atomic E-state index is 12.4. The predicted octanol–water partition coefficient (Wildman–Crippen LogP) is 5.31. The molecule has 0 fully saturated rings. The van der Waals surface area contributed by atoms with Crippen molar-refractivity contribution in [1.82, 2.24) is 0 Å². The number of carbonyl (C=O) groups excluding carboxylic acids is 1. The van der Waals surface area contributed by atoms with Crippen molar-refractivity contribution in [3.8, 4) is 0 Å². The van der Waals surface area contributed by atoms with Gasteiger partial charge >= 0.3 is 0 Å². The molecule has 20 heavy (non-hydrogen) atoms. The maximum Gasteiger partial charge on any atom is 0.255 e. The van der Waals surface area contributed by atoms with E-state index in [1.165, 1.54) is 0 Å². The summed E-state index contributed by atoms with van der Waals surface area (Å²) < 4.78 is 0.921. The Labute approximate surface area is 132 Å². The number of hydrogen-bond donors (Lipinski definition) is 1. The molecule has 0 aliphatic rings. The van der Waals surface area contributed by atoms with Gasteiger partial charge in [-0.3, -0.25) is 4.79 Å². The minimum atomic E-state index is -0.157. The normalized spacial score (nSPS) is 12.0. The summed E-state index contributed by atoms with van der Waals surface area (Å²) in [6.45, 7) is 3.80. The zero-order valence-electron chi connectivity index (χ0n) is 11.3. The Morgan fingerprint density at radius 1 is 1.20 bits per heavy atom. The lowest BCUT2D eigenvalue weighted by Gasteiger charge is -2.13. The predicted molar refractivity (Wildman–Crippen MR) is 87.5 cm³/mol. The van der Waals surface area contributed by atoms with Crippen molar-refractivity contribution in [3.63, 3.8) is 0 Å². The second-order valence-corrected chi connectivity index (χ2v) is 6.08. The van der Waals surface area contributed by atoms with E-state index >= 15 is 0 Å². The first-order valence-corrected chi connectivity index (χ1v) is 7.53. The van der Waals surface area contributed by atoms with E-state index in [4.69, 9.17) is 11.6 Å². The Kier molecular flexibility index (Phi) is 4.84. The van der Waals surface area contributed by atoms with Crippen LogP contribution in [0.15, 0.2) is 46.9 Å². The van der Waals surface area contributed by atoms with Crippen molar-refractivity contribution in [2.24, 2.45) is 0 Å². The molecule has 0 saturated heterocycles. The van der Waals surface area contributed by atoms with Crippen molar-refractivity contribution in [1.29, 1.82) is 0 Å². The van der Waals surface area contributed by atoms with Gasteiger partial charge in [0.2, 0.25) is 0 Å². The molecule has 0 saturated carbocycles.